The summed E-state index contributed by atoms with van der Waals surface area (Å²) >= 11 is 0. The maximum Gasteiger partial charge on any atom is 0.102 e. The van der Waals surface area contributed by atoms with E-state index < -0.39 is 5.60 Å². The average molecular weight is 231 g/mol. The van der Waals surface area contributed by atoms with E-state index in [0.29, 0.717) is 6.54 Å². The van der Waals surface area contributed by atoms with Crippen molar-refractivity contribution in [2.24, 2.45) is 0 Å². The highest BCUT2D eigenvalue weighted by atomic mass is 16.3. The van der Waals surface area contributed by atoms with Crippen molar-refractivity contribution in [1.82, 2.24) is 5.32 Å². The minimum atomic E-state index is -0.642. The van der Waals surface area contributed by atoms with Crippen LogP contribution >= 0.6 is 0 Å². The van der Waals surface area contributed by atoms with Crippen LogP contribution < -0.4 is 5.32 Å². The van der Waals surface area contributed by atoms with Crippen LogP contribution in [0.15, 0.2) is 24.3 Å². The third-order valence-corrected chi connectivity index (χ3v) is 4.39. The van der Waals surface area contributed by atoms with Crippen LogP contribution in [0.5, 0.6) is 0 Å². The number of hydrogen-bond donors (Lipinski definition) is 2. The van der Waals surface area contributed by atoms with Gasteiger partial charge in [-0.25, -0.2) is 0 Å². The van der Waals surface area contributed by atoms with Gasteiger partial charge in [-0.05, 0) is 49.3 Å². The van der Waals surface area contributed by atoms with E-state index in [-0.39, 0.29) is 0 Å². The van der Waals surface area contributed by atoms with Gasteiger partial charge in [0.2, 0.25) is 0 Å². The molecular formula is C15H21NO. The Morgan fingerprint density at radius 2 is 1.88 bits per heavy atom. The van der Waals surface area contributed by atoms with E-state index in [1.54, 1.807) is 0 Å². The lowest BCUT2D eigenvalue weighted by Crippen LogP contribution is -2.43. The molecule has 3 rings (SSSR count). The minimum absolute atomic E-state index is 0.642. The molecular weight excluding hydrogens is 210 g/mol. The third-order valence-electron chi connectivity index (χ3n) is 4.39. The predicted molar refractivity (Wildman–Crippen MR) is 69.0 cm³/mol. The Hall–Kier alpha value is -0.860. The van der Waals surface area contributed by atoms with Gasteiger partial charge in [-0.3, -0.25) is 0 Å². The number of rotatable bonds is 2. The highest BCUT2D eigenvalue weighted by Gasteiger charge is 2.31. The van der Waals surface area contributed by atoms with Gasteiger partial charge in [0.25, 0.3) is 0 Å². The van der Waals surface area contributed by atoms with Crippen molar-refractivity contribution >= 4 is 0 Å². The van der Waals surface area contributed by atoms with Crippen molar-refractivity contribution in [3.05, 3.63) is 35.4 Å². The lowest BCUT2D eigenvalue weighted by atomic mass is 9.79. The van der Waals surface area contributed by atoms with Gasteiger partial charge in [-0.15, -0.1) is 0 Å². The molecule has 17 heavy (non-hydrogen) atoms. The molecule has 1 aromatic rings. The van der Waals surface area contributed by atoms with Crippen LogP contribution in [0.4, 0.5) is 0 Å². The molecule has 1 saturated carbocycles. The molecule has 0 spiro atoms. The second-order valence-corrected chi connectivity index (χ2v) is 5.56. The van der Waals surface area contributed by atoms with Crippen molar-refractivity contribution in [1.29, 1.82) is 0 Å². The molecule has 2 aliphatic rings. The van der Waals surface area contributed by atoms with Crippen molar-refractivity contribution in [2.45, 2.75) is 43.6 Å². The Balaban J connectivity index is 1.78. The summed E-state index contributed by atoms with van der Waals surface area (Å²) in [5.41, 5.74) is 1.89. The maximum absolute atomic E-state index is 10.6. The number of β-amino-alcohol motifs (C(OH)–C–C–N with tert-alkyl or cyclic N) is 1. The van der Waals surface area contributed by atoms with Crippen molar-refractivity contribution < 1.29 is 5.11 Å². The van der Waals surface area contributed by atoms with Crippen LogP contribution in [0.3, 0.4) is 0 Å². The van der Waals surface area contributed by atoms with E-state index in [1.807, 2.05) is 0 Å². The maximum atomic E-state index is 10.6. The van der Waals surface area contributed by atoms with Gasteiger partial charge in [-0.1, -0.05) is 30.7 Å². The summed E-state index contributed by atoms with van der Waals surface area (Å²) in [6.45, 7) is 1.72. The first kappa shape index (κ1) is 11.2. The largest absolute Gasteiger partial charge is 0.384 e. The normalized spacial score (nSPS) is 29.9. The molecule has 1 aromatic carbocycles. The molecule has 1 aliphatic heterocycles. The molecule has 0 bridgehead atoms. The number of hydrogen-bond acceptors (Lipinski definition) is 2. The molecule has 92 valence electrons. The minimum Gasteiger partial charge on any atom is -0.384 e. The van der Waals surface area contributed by atoms with E-state index >= 15 is 0 Å². The summed E-state index contributed by atoms with van der Waals surface area (Å²) in [4.78, 5) is 0. The highest BCUT2D eigenvalue weighted by molar-refractivity contribution is 5.30. The molecule has 2 heteroatoms. The molecule has 1 saturated heterocycles. The molecule has 2 nitrogen and oxygen atoms in total. The fourth-order valence-electron chi connectivity index (χ4n) is 2.94. The monoisotopic (exact) mass is 231 g/mol. The summed E-state index contributed by atoms with van der Waals surface area (Å²) in [5.74, 6) is 0.781. The average Bonchev–Trinajstić information content (AvgIpc) is 2.28. The zero-order valence-electron chi connectivity index (χ0n) is 10.3. The lowest BCUT2D eigenvalue weighted by molar-refractivity contribution is 0.0123. The summed E-state index contributed by atoms with van der Waals surface area (Å²) in [6, 6.07) is 8.68. The molecule has 1 aliphatic carbocycles. The topological polar surface area (TPSA) is 32.3 Å². The fraction of sp³-hybridized carbons (Fsp3) is 0.600. The molecule has 1 atom stereocenters. The Morgan fingerprint density at radius 3 is 2.41 bits per heavy atom. The molecule has 1 unspecified atom stereocenters. The van der Waals surface area contributed by atoms with Gasteiger partial charge in [0.1, 0.15) is 5.60 Å². The van der Waals surface area contributed by atoms with Crippen molar-refractivity contribution in [2.75, 3.05) is 13.1 Å². The number of aliphatic hydroxyl groups is 1. The molecule has 0 radical (unpaired) electrons. The smallest absolute Gasteiger partial charge is 0.102 e. The van der Waals surface area contributed by atoms with E-state index in [4.69, 9.17) is 0 Å². The van der Waals surface area contributed by atoms with E-state index in [2.05, 4.69) is 29.6 Å². The second kappa shape index (κ2) is 4.43. The van der Waals surface area contributed by atoms with Crippen LogP contribution in [-0.2, 0) is 5.60 Å². The van der Waals surface area contributed by atoms with Crippen LogP contribution in [0.25, 0.3) is 0 Å². The summed E-state index contributed by atoms with van der Waals surface area (Å²) in [5, 5.41) is 13.9. The van der Waals surface area contributed by atoms with E-state index in [9.17, 15) is 5.11 Å². The number of benzene rings is 1. The first-order valence-electron chi connectivity index (χ1n) is 6.81. The van der Waals surface area contributed by atoms with E-state index in [1.165, 1.54) is 24.8 Å². The highest BCUT2D eigenvalue weighted by Crippen LogP contribution is 2.37. The summed E-state index contributed by atoms with van der Waals surface area (Å²) in [6.07, 6.45) is 5.99. The Morgan fingerprint density at radius 1 is 1.12 bits per heavy atom. The van der Waals surface area contributed by atoms with E-state index in [0.717, 1.165) is 30.9 Å². The van der Waals surface area contributed by atoms with Crippen LogP contribution in [0.2, 0.25) is 0 Å². The molecule has 0 aromatic heterocycles. The third kappa shape index (κ3) is 2.12. The van der Waals surface area contributed by atoms with Gasteiger partial charge >= 0.3 is 0 Å². The summed E-state index contributed by atoms with van der Waals surface area (Å²) in [7, 11) is 0. The Labute approximate surface area is 103 Å². The first-order valence-corrected chi connectivity index (χ1v) is 6.81. The molecule has 2 N–H and O–H groups in total. The fourth-order valence-corrected chi connectivity index (χ4v) is 2.94. The Kier molecular flexibility index (Phi) is 2.93. The quantitative estimate of drug-likeness (QED) is 0.819. The van der Waals surface area contributed by atoms with Gasteiger partial charge < -0.3 is 10.4 Å². The second-order valence-electron chi connectivity index (χ2n) is 5.56. The number of piperidine rings is 1. The van der Waals surface area contributed by atoms with Crippen LogP contribution in [0.1, 0.15) is 49.1 Å². The van der Waals surface area contributed by atoms with Crippen LogP contribution in [0, 0.1) is 0 Å². The molecule has 0 amide bonds. The van der Waals surface area contributed by atoms with Crippen molar-refractivity contribution in [3.8, 4) is 0 Å². The predicted octanol–water partition coefficient (Wildman–Crippen LogP) is 2.53. The van der Waals surface area contributed by atoms with Gasteiger partial charge in [0.15, 0.2) is 0 Å². The Bertz CT molecular complexity index is 374. The van der Waals surface area contributed by atoms with Crippen LogP contribution in [-0.4, -0.2) is 18.2 Å². The van der Waals surface area contributed by atoms with Gasteiger partial charge in [-0.2, -0.15) is 0 Å². The molecule has 1 heterocycles. The van der Waals surface area contributed by atoms with Crippen molar-refractivity contribution in [3.63, 3.8) is 0 Å². The van der Waals surface area contributed by atoms with Gasteiger partial charge in [0.05, 0.1) is 0 Å². The summed E-state index contributed by atoms with van der Waals surface area (Å²) < 4.78 is 0. The standard InChI is InChI=1S/C15H21NO/c17-15(9-2-10-16-11-15)14-7-5-13(6-8-14)12-3-1-4-12/h5-8,12,16-17H,1-4,9-11H2. The zero-order chi connectivity index (χ0) is 11.7. The number of nitrogens with one attached hydrogen (secondary N) is 1. The van der Waals surface area contributed by atoms with Gasteiger partial charge in [0, 0.05) is 6.54 Å². The molecule has 2 fully saturated rings. The SMILES string of the molecule is OC1(c2ccc(C3CCC3)cc2)CCCNC1. The first-order chi connectivity index (χ1) is 8.28. The lowest BCUT2D eigenvalue weighted by Gasteiger charge is -2.33. The zero-order valence-corrected chi connectivity index (χ0v) is 10.3.